The van der Waals surface area contributed by atoms with Gasteiger partial charge in [-0.2, -0.15) is 5.10 Å². The summed E-state index contributed by atoms with van der Waals surface area (Å²) in [5.74, 6) is 0.0371. The maximum Gasteiger partial charge on any atom is 0.350 e. The lowest BCUT2D eigenvalue weighted by Gasteiger charge is -2.19. The van der Waals surface area contributed by atoms with E-state index in [1.807, 2.05) is 25.1 Å². The van der Waals surface area contributed by atoms with E-state index in [-0.39, 0.29) is 12.5 Å². The fraction of sp³-hybridized carbons (Fsp3) is 0.409. The minimum atomic E-state index is -0.413. The molecule has 0 saturated heterocycles. The number of hydrogen-bond acceptors (Lipinski definition) is 7. The Bertz CT molecular complexity index is 1040. The number of carbonyl (C=O) groups excluding carboxylic acids is 2. The zero-order chi connectivity index (χ0) is 22.4. The average Bonchev–Trinajstić information content (AvgIpc) is 3.34. The first-order valence-corrected chi connectivity index (χ1v) is 11.2. The normalized spacial score (nSPS) is 10.8. The molecule has 3 rings (SSSR count). The second kappa shape index (κ2) is 10.3. The molecule has 1 amide bonds. The van der Waals surface area contributed by atoms with Gasteiger partial charge in [0.25, 0.3) is 5.91 Å². The second-order valence-corrected chi connectivity index (χ2v) is 8.02. The molecule has 31 heavy (non-hydrogen) atoms. The number of anilines is 1. The summed E-state index contributed by atoms with van der Waals surface area (Å²) in [6.07, 6.45) is 6.11. The van der Waals surface area contributed by atoms with Crippen molar-refractivity contribution in [3.05, 3.63) is 52.4 Å². The van der Waals surface area contributed by atoms with Crippen molar-refractivity contribution in [2.45, 2.75) is 47.0 Å². The van der Waals surface area contributed by atoms with Gasteiger partial charge in [-0.15, -0.1) is 0 Å². The lowest BCUT2D eigenvalue weighted by Crippen LogP contribution is -2.32. The zero-order valence-corrected chi connectivity index (χ0v) is 19.1. The molecule has 0 saturated carbocycles. The molecule has 0 fully saturated rings. The van der Waals surface area contributed by atoms with Crippen LogP contribution in [0.25, 0.3) is 5.82 Å². The summed E-state index contributed by atoms with van der Waals surface area (Å²) in [6, 6.07) is 5.54. The van der Waals surface area contributed by atoms with Crippen LogP contribution in [0.4, 0.5) is 5.13 Å². The Morgan fingerprint density at radius 3 is 2.68 bits per heavy atom. The molecule has 9 heteroatoms. The Hall–Kier alpha value is -3.07. The minimum Gasteiger partial charge on any atom is -0.462 e. The van der Waals surface area contributed by atoms with Crippen LogP contribution in [0.5, 0.6) is 0 Å². The summed E-state index contributed by atoms with van der Waals surface area (Å²) in [6.45, 7) is 8.27. The van der Waals surface area contributed by atoms with Gasteiger partial charge in [-0.1, -0.05) is 37.2 Å². The highest BCUT2D eigenvalue weighted by atomic mass is 32.1. The van der Waals surface area contributed by atoms with Gasteiger partial charge in [0.1, 0.15) is 4.88 Å². The molecular weight excluding hydrogens is 414 g/mol. The summed E-state index contributed by atoms with van der Waals surface area (Å²) in [5.41, 5.74) is 1.74. The van der Waals surface area contributed by atoms with Gasteiger partial charge in [0, 0.05) is 12.7 Å². The number of nitrogens with zero attached hydrogens (tertiary/aromatic N) is 5. The maximum absolute atomic E-state index is 13.5. The van der Waals surface area contributed by atoms with E-state index in [0.29, 0.717) is 39.3 Å². The number of esters is 1. The summed E-state index contributed by atoms with van der Waals surface area (Å²) in [5, 5.41) is 4.86. The van der Waals surface area contributed by atoms with Crippen molar-refractivity contribution in [2.24, 2.45) is 0 Å². The molecule has 164 valence electrons. The molecule has 3 aromatic rings. The van der Waals surface area contributed by atoms with E-state index < -0.39 is 5.97 Å². The minimum absolute atomic E-state index is 0.194. The van der Waals surface area contributed by atoms with E-state index in [1.165, 1.54) is 11.3 Å². The highest BCUT2D eigenvalue weighted by molar-refractivity contribution is 7.17. The van der Waals surface area contributed by atoms with E-state index in [0.717, 1.165) is 19.3 Å². The fourth-order valence-corrected chi connectivity index (χ4v) is 4.15. The van der Waals surface area contributed by atoms with Crippen LogP contribution in [0, 0.1) is 13.8 Å². The SMILES string of the molecule is CCCCCN(C(=O)c1cnn(-c2ccccn2)c1C)c1nc(C)c(C(=O)OCC)s1. The number of pyridine rings is 1. The lowest BCUT2D eigenvalue weighted by molar-refractivity contribution is 0.0531. The van der Waals surface area contributed by atoms with Crippen LogP contribution in [-0.4, -0.2) is 44.8 Å². The van der Waals surface area contributed by atoms with E-state index in [9.17, 15) is 9.59 Å². The highest BCUT2D eigenvalue weighted by Gasteiger charge is 2.27. The monoisotopic (exact) mass is 441 g/mol. The Kier molecular flexibility index (Phi) is 7.51. The van der Waals surface area contributed by atoms with Crippen molar-refractivity contribution in [1.29, 1.82) is 0 Å². The smallest absolute Gasteiger partial charge is 0.350 e. The number of amides is 1. The first-order valence-electron chi connectivity index (χ1n) is 10.4. The van der Waals surface area contributed by atoms with Gasteiger partial charge in [-0.05, 0) is 39.3 Å². The fourth-order valence-electron chi connectivity index (χ4n) is 3.16. The van der Waals surface area contributed by atoms with E-state index in [2.05, 4.69) is 22.0 Å². The standard InChI is InChI=1S/C22H27N5O3S/c1-5-7-10-13-26(22-25-15(3)19(31-22)21(29)30-6-2)20(28)17-14-24-27(16(17)4)18-11-8-9-12-23-18/h8-9,11-12,14H,5-7,10,13H2,1-4H3. The molecule has 0 spiro atoms. The number of hydrogen-bond donors (Lipinski definition) is 0. The molecule has 0 aromatic carbocycles. The Labute approximate surface area is 185 Å². The summed E-state index contributed by atoms with van der Waals surface area (Å²) >= 11 is 1.19. The predicted octanol–water partition coefficient (Wildman–Crippen LogP) is 4.35. The summed E-state index contributed by atoms with van der Waals surface area (Å²) < 4.78 is 6.77. The summed E-state index contributed by atoms with van der Waals surface area (Å²) in [4.78, 5) is 36.7. The molecule has 0 atom stereocenters. The van der Waals surface area contributed by atoms with Gasteiger partial charge in [-0.3, -0.25) is 9.69 Å². The Morgan fingerprint density at radius 2 is 2.00 bits per heavy atom. The highest BCUT2D eigenvalue weighted by Crippen LogP contribution is 2.29. The van der Waals surface area contributed by atoms with Crippen molar-refractivity contribution in [1.82, 2.24) is 19.7 Å². The van der Waals surface area contributed by atoms with Crippen LogP contribution in [0.3, 0.4) is 0 Å². The van der Waals surface area contributed by atoms with Crippen molar-refractivity contribution < 1.29 is 14.3 Å². The topological polar surface area (TPSA) is 90.2 Å². The molecule has 0 bridgehead atoms. The largest absolute Gasteiger partial charge is 0.462 e. The van der Waals surface area contributed by atoms with Crippen LogP contribution in [0.2, 0.25) is 0 Å². The quantitative estimate of drug-likeness (QED) is 0.362. The maximum atomic E-state index is 13.5. The van der Waals surface area contributed by atoms with Crippen LogP contribution < -0.4 is 4.90 Å². The van der Waals surface area contributed by atoms with Crippen molar-refractivity contribution in [3.8, 4) is 5.82 Å². The van der Waals surface area contributed by atoms with Gasteiger partial charge in [0.15, 0.2) is 10.9 Å². The number of ether oxygens (including phenoxy) is 1. The third-order valence-electron chi connectivity index (χ3n) is 4.81. The molecule has 8 nitrogen and oxygen atoms in total. The van der Waals surface area contributed by atoms with Crippen molar-refractivity contribution in [3.63, 3.8) is 0 Å². The number of aryl methyl sites for hydroxylation is 1. The molecule has 3 heterocycles. The summed E-state index contributed by atoms with van der Waals surface area (Å²) in [7, 11) is 0. The van der Waals surface area contributed by atoms with Crippen LogP contribution in [0.15, 0.2) is 30.6 Å². The number of rotatable bonds is 9. The van der Waals surface area contributed by atoms with Crippen LogP contribution >= 0.6 is 11.3 Å². The van der Waals surface area contributed by atoms with Crippen molar-refractivity contribution in [2.75, 3.05) is 18.1 Å². The molecule has 0 radical (unpaired) electrons. The molecule has 0 aliphatic carbocycles. The molecule has 0 N–H and O–H groups in total. The predicted molar refractivity (Wildman–Crippen MR) is 120 cm³/mol. The third-order valence-corrected chi connectivity index (χ3v) is 5.97. The average molecular weight is 442 g/mol. The third kappa shape index (κ3) is 4.99. The molecule has 0 aliphatic heterocycles. The van der Waals surface area contributed by atoms with Gasteiger partial charge < -0.3 is 4.74 Å². The number of carbonyl (C=O) groups is 2. The molecule has 0 unspecified atom stereocenters. The molecular formula is C22H27N5O3S. The van der Waals surface area contributed by atoms with E-state index in [1.54, 1.807) is 35.8 Å². The van der Waals surface area contributed by atoms with E-state index >= 15 is 0 Å². The second-order valence-electron chi connectivity index (χ2n) is 7.04. The number of unbranched alkanes of at least 4 members (excludes halogenated alkanes) is 2. The first kappa shape index (κ1) is 22.6. The Balaban J connectivity index is 1.94. The van der Waals surface area contributed by atoms with Gasteiger partial charge in [-0.25, -0.2) is 19.4 Å². The van der Waals surface area contributed by atoms with Gasteiger partial charge >= 0.3 is 5.97 Å². The van der Waals surface area contributed by atoms with Crippen molar-refractivity contribution >= 4 is 28.3 Å². The van der Waals surface area contributed by atoms with Gasteiger partial charge in [0.05, 0.1) is 29.8 Å². The molecule has 3 aromatic heterocycles. The lowest BCUT2D eigenvalue weighted by atomic mass is 10.2. The number of thiazole rings is 1. The zero-order valence-electron chi connectivity index (χ0n) is 18.3. The number of aromatic nitrogens is 4. The molecule has 0 aliphatic rings. The van der Waals surface area contributed by atoms with Gasteiger partial charge in [0.2, 0.25) is 0 Å². The Morgan fingerprint density at radius 1 is 1.19 bits per heavy atom. The van der Waals surface area contributed by atoms with E-state index in [4.69, 9.17) is 4.74 Å². The van der Waals surface area contributed by atoms with Crippen LogP contribution in [0.1, 0.15) is 64.5 Å². The first-order chi connectivity index (χ1) is 15.0. The van der Waals surface area contributed by atoms with Crippen LogP contribution in [-0.2, 0) is 4.74 Å².